The van der Waals surface area contributed by atoms with Gasteiger partial charge in [0.25, 0.3) is 0 Å². The van der Waals surface area contributed by atoms with Crippen LogP contribution in [0.4, 0.5) is 0 Å². The molecule has 3 N–H and O–H groups in total. The van der Waals surface area contributed by atoms with Gasteiger partial charge in [0.05, 0.1) is 17.0 Å². The Morgan fingerprint density at radius 1 is 1.10 bits per heavy atom. The molecule has 0 atom stereocenters. The van der Waals surface area contributed by atoms with E-state index in [4.69, 9.17) is 16.7 Å². The molecule has 0 radical (unpaired) electrons. The molecule has 0 saturated carbocycles. The van der Waals surface area contributed by atoms with E-state index in [2.05, 4.69) is 10.2 Å². The van der Waals surface area contributed by atoms with Gasteiger partial charge in [-0.3, -0.25) is 9.89 Å². The number of aromatic amines is 1. The van der Waals surface area contributed by atoms with Crippen LogP contribution < -0.4 is 0 Å². The van der Waals surface area contributed by atoms with Crippen molar-refractivity contribution in [2.75, 3.05) is 0 Å². The fourth-order valence-electron chi connectivity index (χ4n) is 3.57. The average Bonchev–Trinajstić information content (AvgIpc) is 3.08. The molecule has 0 aliphatic carbocycles. The number of nitrogens with zero attached hydrogens (tertiary/aromatic N) is 1. The van der Waals surface area contributed by atoms with Crippen molar-refractivity contribution in [1.82, 2.24) is 10.2 Å². The van der Waals surface area contributed by atoms with Gasteiger partial charge in [0.2, 0.25) is 0 Å². The van der Waals surface area contributed by atoms with Gasteiger partial charge in [0.1, 0.15) is 5.75 Å². The predicted octanol–water partition coefficient (Wildman–Crippen LogP) is 5.58. The third-order valence-electron chi connectivity index (χ3n) is 5.05. The van der Waals surface area contributed by atoms with E-state index in [0.29, 0.717) is 17.0 Å². The summed E-state index contributed by atoms with van der Waals surface area (Å²) in [4.78, 5) is 10.9. The van der Waals surface area contributed by atoms with E-state index >= 15 is 0 Å². The minimum Gasteiger partial charge on any atom is -0.507 e. The third-order valence-corrected chi connectivity index (χ3v) is 5.36. The number of aryl methyl sites for hydroxylation is 2. The number of carboxylic acid groups (broad SMARTS) is 1. The molecule has 0 aliphatic rings. The van der Waals surface area contributed by atoms with Gasteiger partial charge in [0, 0.05) is 28.6 Å². The number of fused-ring (bicyclic) bond motifs is 1. The maximum absolute atomic E-state index is 10.9. The molecule has 3 aromatic carbocycles. The minimum absolute atomic E-state index is 0.0316. The number of carboxylic acids is 1. The Balaban J connectivity index is 1.73. The van der Waals surface area contributed by atoms with Gasteiger partial charge in [-0.1, -0.05) is 48.0 Å². The molecule has 0 spiro atoms. The highest BCUT2D eigenvalue weighted by Gasteiger charge is 2.13. The molecule has 6 heteroatoms. The summed E-state index contributed by atoms with van der Waals surface area (Å²) in [6.45, 7) is 1.96. The van der Waals surface area contributed by atoms with Crippen LogP contribution in [-0.4, -0.2) is 26.4 Å². The Kier molecular flexibility index (Phi) is 4.99. The number of aromatic nitrogens is 2. The molecule has 0 amide bonds. The first-order valence-electron chi connectivity index (χ1n) is 9.21. The van der Waals surface area contributed by atoms with Crippen LogP contribution in [0.15, 0.2) is 54.6 Å². The number of rotatable bonds is 5. The summed E-state index contributed by atoms with van der Waals surface area (Å²) < 4.78 is 0. The molecule has 1 aromatic heterocycles. The van der Waals surface area contributed by atoms with Crippen molar-refractivity contribution < 1.29 is 15.0 Å². The van der Waals surface area contributed by atoms with Gasteiger partial charge in [-0.05, 0) is 41.8 Å². The molecule has 0 saturated heterocycles. The Labute approximate surface area is 172 Å². The van der Waals surface area contributed by atoms with Gasteiger partial charge in [-0.2, -0.15) is 5.10 Å². The number of phenolic OH excluding ortho intramolecular Hbond substituents is 1. The number of carbonyl (C=O) groups is 1. The molecule has 0 aliphatic heterocycles. The van der Waals surface area contributed by atoms with Crippen molar-refractivity contribution in [3.8, 4) is 28.0 Å². The summed E-state index contributed by atoms with van der Waals surface area (Å²) in [5.41, 5.74) is 6.00. The van der Waals surface area contributed by atoms with Crippen LogP contribution in [0.2, 0.25) is 5.02 Å². The molecular formula is C23H19ClN2O3. The second-order valence-corrected chi connectivity index (χ2v) is 7.40. The normalized spacial score (nSPS) is 11.1. The van der Waals surface area contributed by atoms with Crippen molar-refractivity contribution in [2.24, 2.45) is 0 Å². The molecule has 0 unspecified atom stereocenters. The third kappa shape index (κ3) is 3.69. The number of aliphatic carboxylic acids is 1. The maximum atomic E-state index is 10.9. The highest BCUT2D eigenvalue weighted by molar-refractivity contribution is 6.34. The number of H-pyrrole nitrogens is 1. The van der Waals surface area contributed by atoms with Gasteiger partial charge in [0.15, 0.2) is 0 Å². The van der Waals surface area contributed by atoms with Crippen LogP contribution in [0, 0.1) is 6.92 Å². The molecule has 0 bridgehead atoms. The predicted molar refractivity (Wildman–Crippen MR) is 114 cm³/mol. The molecule has 4 rings (SSSR count). The SMILES string of the molecule is Cc1cccc(O)c1-c1ccc(-c2cc3c(CCC(=O)O)[nH]nc3cc2Cl)cc1. The Morgan fingerprint density at radius 3 is 2.52 bits per heavy atom. The summed E-state index contributed by atoms with van der Waals surface area (Å²) in [6, 6.07) is 17.0. The lowest BCUT2D eigenvalue weighted by Gasteiger charge is -2.10. The van der Waals surface area contributed by atoms with E-state index in [0.717, 1.165) is 38.9 Å². The van der Waals surface area contributed by atoms with Crippen LogP contribution in [0.3, 0.4) is 0 Å². The number of phenols is 1. The maximum Gasteiger partial charge on any atom is 0.303 e. The van der Waals surface area contributed by atoms with E-state index in [1.807, 2.05) is 49.4 Å². The first-order chi connectivity index (χ1) is 13.9. The lowest BCUT2D eigenvalue weighted by molar-refractivity contribution is -0.136. The molecule has 5 nitrogen and oxygen atoms in total. The summed E-state index contributed by atoms with van der Waals surface area (Å²) in [5.74, 6) is -0.601. The highest BCUT2D eigenvalue weighted by atomic mass is 35.5. The van der Waals surface area contributed by atoms with Crippen LogP contribution in [-0.2, 0) is 11.2 Å². The lowest BCUT2D eigenvalue weighted by Crippen LogP contribution is -1.98. The molecule has 29 heavy (non-hydrogen) atoms. The quantitative estimate of drug-likeness (QED) is 0.403. The molecular weight excluding hydrogens is 388 g/mol. The van der Waals surface area contributed by atoms with E-state index in [1.165, 1.54) is 0 Å². The van der Waals surface area contributed by atoms with Gasteiger partial charge in [-0.15, -0.1) is 0 Å². The molecule has 4 aromatic rings. The Bertz CT molecular complexity index is 1190. The largest absolute Gasteiger partial charge is 0.507 e. The number of hydrogen-bond acceptors (Lipinski definition) is 3. The Morgan fingerprint density at radius 2 is 1.83 bits per heavy atom. The fraction of sp³-hybridized carbons (Fsp3) is 0.130. The smallest absolute Gasteiger partial charge is 0.303 e. The number of halogens is 1. The van der Waals surface area contributed by atoms with Crippen LogP contribution >= 0.6 is 11.6 Å². The first kappa shape index (κ1) is 19.0. The van der Waals surface area contributed by atoms with Crippen molar-refractivity contribution >= 4 is 28.5 Å². The number of nitrogens with one attached hydrogen (secondary N) is 1. The number of hydrogen-bond donors (Lipinski definition) is 3. The summed E-state index contributed by atoms with van der Waals surface area (Å²) in [7, 11) is 0. The number of aromatic hydroxyl groups is 1. The van der Waals surface area contributed by atoms with Gasteiger partial charge >= 0.3 is 5.97 Å². The molecule has 146 valence electrons. The second-order valence-electron chi connectivity index (χ2n) is 6.99. The topological polar surface area (TPSA) is 86.2 Å². The lowest BCUT2D eigenvalue weighted by atomic mass is 9.96. The summed E-state index contributed by atoms with van der Waals surface area (Å²) >= 11 is 6.49. The zero-order valence-electron chi connectivity index (χ0n) is 15.7. The van der Waals surface area contributed by atoms with Crippen LogP contribution in [0.25, 0.3) is 33.2 Å². The van der Waals surface area contributed by atoms with Gasteiger partial charge < -0.3 is 10.2 Å². The summed E-state index contributed by atoms with van der Waals surface area (Å²) in [5, 5.41) is 27.8. The fourth-order valence-corrected chi connectivity index (χ4v) is 3.84. The molecule has 1 heterocycles. The minimum atomic E-state index is -0.850. The second kappa shape index (κ2) is 7.60. The highest BCUT2D eigenvalue weighted by Crippen LogP contribution is 2.36. The van der Waals surface area contributed by atoms with Gasteiger partial charge in [-0.25, -0.2) is 0 Å². The van der Waals surface area contributed by atoms with Crippen LogP contribution in [0.1, 0.15) is 17.7 Å². The van der Waals surface area contributed by atoms with Crippen LogP contribution in [0.5, 0.6) is 5.75 Å². The Hall–Kier alpha value is -3.31. The summed E-state index contributed by atoms with van der Waals surface area (Å²) in [6.07, 6.45) is 0.405. The van der Waals surface area contributed by atoms with E-state index in [9.17, 15) is 9.90 Å². The van der Waals surface area contributed by atoms with E-state index < -0.39 is 5.97 Å². The van der Waals surface area contributed by atoms with Crippen molar-refractivity contribution in [3.05, 3.63) is 70.9 Å². The monoisotopic (exact) mass is 406 g/mol. The number of benzene rings is 3. The van der Waals surface area contributed by atoms with E-state index in [1.54, 1.807) is 12.1 Å². The zero-order chi connectivity index (χ0) is 20.5. The first-order valence-corrected chi connectivity index (χ1v) is 9.59. The zero-order valence-corrected chi connectivity index (χ0v) is 16.5. The standard InChI is InChI=1S/C23H19ClN2O3/c1-13-3-2-4-21(27)23(13)15-7-5-14(6-8-15)16-11-17-19(9-10-22(28)29)25-26-20(17)12-18(16)24/h2-8,11-12,27H,9-10H2,1H3,(H,25,26)(H,28,29). The van der Waals surface area contributed by atoms with Crippen molar-refractivity contribution in [3.63, 3.8) is 0 Å². The van der Waals surface area contributed by atoms with Crippen molar-refractivity contribution in [1.29, 1.82) is 0 Å². The van der Waals surface area contributed by atoms with E-state index in [-0.39, 0.29) is 12.2 Å². The van der Waals surface area contributed by atoms with Crippen molar-refractivity contribution in [2.45, 2.75) is 19.8 Å². The molecule has 0 fully saturated rings. The average molecular weight is 407 g/mol.